The summed E-state index contributed by atoms with van der Waals surface area (Å²) in [6.07, 6.45) is 1.34. The van der Waals surface area contributed by atoms with E-state index in [2.05, 4.69) is 10.6 Å². The largest absolute Gasteiger partial charge is 0.454 e. The number of rotatable bonds is 5. The van der Waals surface area contributed by atoms with Crippen LogP contribution in [0.15, 0.2) is 36.4 Å². The number of nitrogens with zero attached hydrogens (tertiary/aromatic N) is 1. The fourth-order valence-electron chi connectivity index (χ4n) is 3.65. The van der Waals surface area contributed by atoms with Gasteiger partial charge in [-0.3, -0.25) is 14.5 Å². The molecule has 0 saturated carbocycles. The lowest BCUT2D eigenvalue weighted by atomic mass is 9.95. The van der Waals surface area contributed by atoms with Crippen molar-refractivity contribution in [2.45, 2.75) is 19.8 Å². The number of fused-ring (bicyclic) bond motifs is 1. The summed E-state index contributed by atoms with van der Waals surface area (Å²) in [7, 11) is 0. The van der Waals surface area contributed by atoms with Crippen LogP contribution in [-0.4, -0.2) is 43.1 Å². The lowest BCUT2D eigenvalue weighted by Gasteiger charge is -2.30. The van der Waals surface area contributed by atoms with E-state index in [4.69, 9.17) is 9.47 Å². The van der Waals surface area contributed by atoms with Crippen molar-refractivity contribution in [1.29, 1.82) is 0 Å². The zero-order chi connectivity index (χ0) is 21.1. The average molecular weight is 413 g/mol. The Morgan fingerprint density at radius 3 is 2.50 bits per heavy atom. The molecule has 7 nitrogen and oxygen atoms in total. The third kappa shape index (κ3) is 4.71. The molecule has 0 unspecified atom stereocenters. The van der Waals surface area contributed by atoms with Gasteiger partial charge in [0, 0.05) is 23.4 Å². The van der Waals surface area contributed by atoms with Crippen molar-refractivity contribution in [2.24, 2.45) is 5.92 Å². The second kappa shape index (κ2) is 8.71. The molecule has 2 aliphatic rings. The molecular formula is C22H24FN3O4. The van der Waals surface area contributed by atoms with Crippen LogP contribution in [0.3, 0.4) is 0 Å². The third-order valence-electron chi connectivity index (χ3n) is 5.42. The summed E-state index contributed by atoms with van der Waals surface area (Å²) >= 11 is 0. The predicted octanol–water partition coefficient (Wildman–Crippen LogP) is 3.15. The van der Waals surface area contributed by atoms with Gasteiger partial charge in [-0.1, -0.05) is 6.07 Å². The average Bonchev–Trinajstić information content (AvgIpc) is 3.19. The minimum absolute atomic E-state index is 0.0342. The van der Waals surface area contributed by atoms with Gasteiger partial charge in [0.15, 0.2) is 11.5 Å². The van der Waals surface area contributed by atoms with Crippen molar-refractivity contribution in [3.05, 3.63) is 47.8 Å². The highest BCUT2D eigenvalue weighted by Gasteiger charge is 2.26. The number of halogens is 1. The zero-order valence-electron chi connectivity index (χ0n) is 16.7. The number of piperidine rings is 1. The van der Waals surface area contributed by atoms with E-state index in [0.29, 0.717) is 54.4 Å². The third-order valence-corrected chi connectivity index (χ3v) is 5.42. The first kappa shape index (κ1) is 20.2. The van der Waals surface area contributed by atoms with Crippen LogP contribution < -0.4 is 20.1 Å². The van der Waals surface area contributed by atoms with Crippen molar-refractivity contribution in [3.8, 4) is 11.5 Å². The first-order valence-electron chi connectivity index (χ1n) is 9.97. The smallest absolute Gasteiger partial charge is 0.238 e. The normalized spacial score (nSPS) is 16.3. The van der Waals surface area contributed by atoms with Gasteiger partial charge in [0.25, 0.3) is 0 Å². The highest BCUT2D eigenvalue weighted by atomic mass is 19.1. The Hall–Kier alpha value is -3.13. The van der Waals surface area contributed by atoms with Crippen LogP contribution in [0.2, 0.25) is 0 Å². The molecule has 0 aliphatic carbocycles. The fourth-order valence-corrected chi connectivity index (χ4v) is 3.65. The predicted molar refractivity (Wildman–Crippen MR) is 110 cm³/mol. The molecule has 2 aliphatic heterocycles. The molecule has 0 atom stereocenters. The number of carbonyl (C=O) groups excluding carboxylic acids is 2. The molecule has 0 bridgehead atoms. The molecular weight excluding hydrogens is 389 g/mol. The topological polar surface area (TPSA) is 79.9 Å². The Balaban J connectivity index is 1.23. The standard InChI is InChI=1S/C22H24FN3O4/c1-14-2-3-16(10-18(14)23)24-21(27)12-26-8-6-15(7-9-26)22(28)25-17-4-5-19-20(11-17)30-13-29-19/h2-5,10-11,15H,6-9,12-13H2,1H3,(H,24,27)(H,25,28). The van der Waals surface area contributed by atoms with E-state index in [1.807, 2.05) is 4.90 Å². The van der Waals surface area contributed by atoms with Crippen LogP contribution in [0.5, 0.6) is 11.5 Å². The van der Waals surface area contributed by atoms with Gasteiger partial charge in [-0.05, 0) is 62.7 Å². The highest BCUT2D eigenvalue weighted by molar-refractivity contribution is 5.93. The molecule has 30 heavy (non-hydrogen) atoms. The number of hydrogen-bond acceptors (Lipinski definition) is 5. The molecule has 2 N–H and O–H groups in total. The Morgan fingerprint density at radius 2 is 1.73 bits per heavy atom. The van der Waals surface area contributed by atoms with Crippen LogP contribution in [0.1, 0.15) is 18.4 Å². The minimum Gasteiger partial charge on any atom is -0.454 e. The molecule has 4 rings (SSSR count). The molecule has 2 aromatic carbocycles. The second-order valence-corrected chi connectivity index (χ2v) is 7.62. The molecule has 2 amide bonds. The molecule has 2 aromatic rings. The van der Waals surface area contributed by atoms with Crippen LogP contribution in [0, 0.1) is 18.7 Å². The number of nitrogens with one attached hydrogen (secondary N) is 2. The van der Waals surface area contributed by atoms with Gasteiger partial charge >= 0.3 is 0 Å². The maximum absolute atomic E-state index is 13.6. The summed E-state index contributed by atoms with van der Waals surface area (Å²) in [5, 5.41) is 5.65. The summed E-state index contributed by atoms with van der Waals surface area (Å²) in [4.78, 5) is 26.8. The lowest BCUT2D eigenvalue weighted by molar-refractivity contribution is -0.121. The Morgan fingerprint density at radius 1 is 1.03 bits per heavy atom. The van der Waals surface area contributed by atoms with Gasteiger partial charge in [0.2, 0.25) is 18.6 Å². The van der Waals surface area contributed by atoms with Gasteiger partial charge in [-0.15, -0.1) is 0 Å². The van der Waals surface area contributed by atoms with Crippen LogP contribution in [0.25, 0.3) is 0 Å². The molecule has 158 valence electrons. The monoisotopic (exact) mass is 413 g/mol. The van der Waals surface area contributed by atoms with Crippen molar-refractivity contribution in [2.75, 3.05) is 37.1 Å². The molecule has 0 radical (unpaired) electrons. The number of benzene rings is 2. The van der Waals surface area contributed by atoms with E-state index >= 15 is 0 Å². The second-order valence-electron chi connectivity index (χ2n) is 7.62. The number of aryl methyl sites for hydroxylation is 1. The van der Waals surface area contributed by atoms with E-state index in [0.717, 1.165) is 0 Å². The van der Waals surface area contributed by atoms with Crippen LogP contribution in [-0.2, 0) is 9.59 Å². The molecule has 0 spiro atoms. The zero-order valence-corrected chi connectivity index (χ0v) is 16.7. The Labute approximate surface area is 174 Å². The lowest BCUT2D eigenvalue weighted by Crippen LogP contribution is -2.41. The van der Waals surface area contributed by atoms with Gasteiger partial charge < -0.3 is 20.1 Å². The number of anilines is 2. The SMILES string of the molecule is Cc1ccc(NC(=O)CN2CCC(C(=O)Nc3ccc4c(c3)OCO4)CC2)cc1F. The van der Waals surface area contributed by atoms with Gasteiger partial charge in [0.05, 0.1) is 6.54 Å². The van der Waals surface area contributed by atoms with Crippen molar-refractivity contribution in [3.63, 3.8) is 0 Å². The van der Waals surface area contributed by atoms with Crippen molar-refractivity contribution < 1.29 is 23.5 Å². The summed E-state index contributed by atoms with van der Waals surface area (Å²) in [5.41, 5.74) is 1.66. The van der Waals surface area contributed by atoms with Crippen LogP contribution >= 0.6 is 0 Å². The first-order chi connectivity index (χ1) is 14.5. The van der Waals surface area contributed by atoms with Gasteiger partial charge in [-0.25, -0.2) is 4.39 Å². The van der Waals surface area contributed by atoms with Crippen molar-refractivity contribution >= 4 is 23.2 Å². The van der Waals surface area contributed by atoms with Gasteiger partial charge in [0.1, 0.15) is 5.82 Å². The molecule has 1 fully saturated rings. The molecule has 0 aromatic heterocycles. The van der Waals surface area contributed by atoms with E-state index < -0.39 is 0 Å². The number of ether oxygens (including phenoxy) is 2. The van der Waals surface area contributed by atoms with E-state index in [1.165, 1.54) is 6.07 Å². The van der Waals surface area contributed by atoms with E-state index in [9.17, 15) is 14.0 Å². The van der Waals surface area contributed by atoms with Crippen molar-refractivity contribution in [1.82, 2.24) is 4.90 Å². The summed E-state index contributed by atoms with van der Waals surface area (Å²) in [6.45, 7) is 3.38. The quantitative estimate of drug-likeness (QED) is 0.787. The Kier molecular flexibility index (Phi) is 5.85. The van der Waals surface area contributed by atoms with E-state index in [1.54, 1.807) is 37.3 Å². The van der Waals surface area contributed by atoms with Crippen LogP contribution in [0.4, 0.5) is 15.8 Å². The number of hydrogen-bond donors (Lipinski definition) is 2. The number of amides is 2. The maximum Gasteiger partial charge on any atom is 0.238 e. The first-order valence-corrected chi connectivity index (χ1v) is 9.97. The van der Waals surface area contributed by atoms with Gasteiger partial charge in [-0.2, -0.15) is 0 Å². The molecule has 2 heterocycles. The minimum atomic E-state index is -0.345. The Bertz CT molecular complexity index is 957. The summed E-state index contributed by atoms with van der Waals surface area (Å²) < 4.78 is 24.2. The number of likely N-dealkylation sites (tertiary alicyclic amines) is 1. The molecule has 8 heteroatoms. The molecule has 1 saturated heterocycles. The highest BCUT2D eigenvalue weighted by Crippen LogP contribution is 2.34. The summed E-state index contributed by atoms with van der Waals surface area (Å²) in [5.74, 6) is 0.618. The fraction of sp³-hybridized carbons (Fsp3) is 0.364. The summed E-state index contributed by atoms with van der Waals surface area (Å²) in [6, 6.07) is 9.96. The van der Waals surface area contributed by atoms with E-state index in [-0.39, 0.29) is 36.9 Å². The number of carbonyl (C=O) groups is 2. The maximum atomic E-state index is 13.6.